The number of hydrogen-bond donors (Lipinski definition) is 1. The van der Waals surface area contributed by atoms with Crippen molar-refractivity contribution >= 4 is 34.2 Å². The van der Waals surface area contributed by atoms with Crippen LogP contribution in [0.5, 0.6) is 5.75 Å². The average molecular weight is 412 g/mol. The Labute approximate surface area is 174 Å². The number of hydrogen-bond acceptors (Lipinski definition) is 6. The number of carbonyl (C=O) groups excluding carboxylic acids is 1. The Balaban J connectivity index is 1.81. The largest absolute Gasteiger partial charge is 0.455 e. The number of benzene rings is 1. The summed E-state index contributed by atoms with van der Waals surface area (Å²) >= 11 is 1.51. The van der Waals surface area contributed by atoms with Crippen molar-refractivity contribution in [2.75, 3.05) is 7.11 Å². The molecule has 0 saturated heterocycles. The maximum Gasteiger partial charge on any atom is 0.290 e. The zero-order chi connectivity index (χ0) is 21.2. The first kappa shape index (κ1) is 21.0. The number of thiazole rings is 1. The number of aryl methyl sites for hydroxylation is 2. The van der Waals surface area contributed by atoms with Gasteiger partial charge >= 0.3 is 0 Å². The van der Waals surface area contributed by atoms with E-state index in [9.17, 15) is 4.79 Å². The fourth-order valence-electron chi connectivity index (χ4n) is 2.99. The number of rotatable bonds is 7. The van der Waals surface area contributed by atoms with Crippen molar-refractivity contribution in [1.82, 2.24) is 15.3 Å². The van der Waals surface area contributed by atoms with Gasteiger partial charge in [0.05, 0.1) is 11.1 Å². The quantitative estimate of drug-likeness (QED) is 0.585. The van der Waals surface area contributed by atoms with Gasteiger partial charge in [-0.1, -0.05) is 12.7 Å². The van der Waals surface area contributed by atoms with Gasteiger partial charge in [-0.15, -0.1) is 11.3 Å². The summed E-state index contributed by atoms with van der Waals surface area (Å²) < 4.78 is 11.2. The van der Waals surface area contributed by atoms with Gasteiger partial charge in [0.15, 0.2) is 0 Å². The van der Waals surface area contributed by atoms with Gasteiger partial charge < -0.3 is 14.8 Å². The number of carbonyl (C=O) groups is 1. The van der Waals surface area contributed by atoms with Crippen LogP contribution in [0.15, 0.2) is 36.4 Å². The molecule has 7 heteroatoms. The minimum Gasteiger partial charge on any atom is -0.455 e. The van der Waals surface area contributed by atoms with E-state index < -0.39 is 11.8 Å². The molecular formula is C22H25N3O3S. The van der Waals surface area contributed by atoms with Gasteiger partial charge in [0.2, 0.25) is 0 Å². The van der Waals surface area contributed by atoms with Crippen molar-refractivity contribution < 1.29 is 14.3 Å². The van der Waals surface area contributed by atoms with Crippen molar-refractivity contribution in [1.29, 1.82) is 0 Å². The van der Waals surface area contributed by atoms with Crippen LogP contribution < -0.4 is 10.1 Å². The van der Waals surface area contributed by atoms with Crippen molar-refractivity contribution in [2.45, 2.75) is 39.5 Å². The second-order valence-corrected chi connectivity index (χ2v) is 8.24. The number of pyridine rings is 1. The number of amides is 1. The molecule has 2 aromatic heterocycles. The molecule has 1 amide bonds. The first-order chi connectivity index (χ1) is 13.7. The predicted octanol–water partition coefficient (Wildman–Crippen LogP) is 4.35. The standard InChI is InChI=1S/C22H25N3O3S/c1-7-15-9-16-10-17(8-13(2)18(16)23-11-15)28-20(27-6)19(26)25-22(4,5)21-24-14(3)12-29-21/h7-12,20H,1H2,2-6H3,(H,25,26). The van der Waals surface area contributed by atoms with E-state index in [4.69, 9.17) is 9.47 Å². The number of nitrogens with one attached hydrogen (secondary N) is 1. The zero-order valence-electron chi connectivity index (χ0n) is 17.3. The molecule has 6 nitrogen and oxygen atoms in total. The Hall–Kier alpha value is -2.77. The summed E-state index contributed by atoms with van der Waals surface area (Å²) in [5.74, 6) is 0.156. The molecule has 0 aliphatic carbocycles. The van der Waals surface area contributed by atoms with Gasteiger partial charge in [-0.25, -0.2) is 4.98 Å². The van der Waals surface area contributed by atoms with Crippen LogP contribution in [-0.4, -0.2) is 29.3 Å². The minimum absolute atomic E-state index is 0.374. The monoisotopic (exact) mass is 411 g/mol. The molecule has 1 unspecified atom stereocenters. The van der Waals surface area contributed by atoms with E-state index in [1.54, 1.807) is 12.3 Å². The van der Waals surface area contributed by atoms with Crippen LogP contribution in [0.4, 0.5) is 0 Å². The number of ether oxygens (including phenoxy) is 2. The van der Waals surface area contributed by atoms with Gasteiger partial charge in [0.25, 0.3) is 12.2 Å². The van der Waals surface area contributed by atoms with Crippen molar-refractivity contribution in [3.63, 3.8) is 0 Å². The van der Waals surface area contributed by atoms with Crippen molar-refractivity contribution in [3.8, 4) is 5.75 Å². The number of aromatic nitrogens is 2. The maximum atomic E-state index is 12.8. The summed E-state index contributed by atoms with van der Waals surface area (Å²) in [4.78, 5) is 21.8. The lowest BCUT2D eigenvalue weighted by molar-refractivity contribution is -0.150. The molecule has 0 spiro atoms. The molecule has 0 aliphatic rings. The molecule has 0 radical (unpaired) electrons. The van der Waals surface area contributed by atoms with E-state index >= 15 is 0 Å². The first-order valence-corrected chi connectivity index (χ1v) is 10.1. The Morgan fingerprint density at radius 3 is 2.69 bits per heavy atom. The third-order valence-electron chi connectivity index (χ3n) is 4.46. The smallest absolute Gasteiger partial charge is 0.290 e. The molecule has 0 fully saturated rings. The SMILES string of the molecule is C=Cc1cnc2c(C)cc(OC(OC)C(=O)NC(C)(C)c3nc(C)cs3)cc2c1. The lowest BCUT2D eigenvalue weighted by Gasteiger charge is -2.26. The van der Waals surface area contributed by atoms with Crippen LogP contribution >= 0.6 is 11.3 Å². The molecule has 152 valence electrons. The molecule has 3 rings (SSSR count). The van der Waals surface area contributed by atoms with E-state index in [0.29, 0.717) is 5.75 Å². The minimum atomic E-state index is -1.09. The summed E-state index contributed by atoms with van der Waals surface area (Å²) in [5.41, 5.74) is 3.02. The Morgan fingerprint density at radius 2 is 2.07 bits per heavy atom. The first-order valence-electron chi connectivity index (χ1n) is 9.20. The summed E-state index contributed by atoms with van der Waals surface area (Å²) in [5, 5.41) is 6.65. The van der Waals surface area contributed by atoms with Crippen LogP contribution in [0.3, 0.4) is 0 Å². The second kappa shape index (κ2) is 8.31. The van der Waals surface area contributed by atoms with Crippen LogP contribution in [0.1, 0.15) is 35.7 Å². The van der Waals surface area contributed by atoms with Gasteiger partial charge in [-0.3, -0.25) is 9.78 Å². The summed E-state index contributed by atoms with van der Waals surface area (Å²) in [7, 11) is 1.44. The van der Waals surface area contributed by atoms with E-state index in [0.717, 1.165) is 32.7 Å². The fourth-order valence-corrected chi connectivity index (χ4v) is 3.87. The maximum absolute atomic E-state index is 12.8. The number of methoxy groups -OCH3 is 1. The number of nitrogens with zero attached hydrogens (tertiary/aromatic N) is 2. The Morgan fingerprint density at radius 1 is 1.31 bits per heavy atom. The lowest BCUT2D eigenvalue weighted by Crippen LogP contribution is -2.48. The molecule has 3 aromatic rings. The highest BCUT2D eigenvalue weighted by molar-refractivity contribution is 7.09. The van der Waals surface area contributed by atoms with Crippen LogP contribution in [0.2, 0.25) is 0 Å². The van der Waals surface area contributed by atoms with Crippen molar-refractivity contribution in [2.24, 2.45) is 0 Å². The molecule has 29 heavy (non-hydrogen) atoms. The third kappa shape index (κ3) is 4.63. The average Bonchev–Trinajstić information content (AvgIpc) is 3.12. The van der Waals surface area contributed by atoms with Crippen LogP contribution in [-0.2, 0) is 15.1 Å². The second-order valence-electron chi connectivity index (χ2n) is 7.38. The van der Waals surface area contributed by atoms with E-state index in [-0.39, 0.29) is 5.91 Å². The van der Waals surface area contributed by atoms with Crippen molar-refractivity contribution in [3.05, 3.63) is 58.2 Å². The molecule has 1 N–H and O–H groups in total. The van der Waals surface area contributed by atoms with Gasteiger partial charge in [-0.05, 0) is 57.0 Å². The highest BCUT2D eigenvalue weighted by Crippen LogP contribution is 2.27. The lowest BCUT2D eigenvalue weighted by atomic mass is 10.1. The summed E-state index contributed by atoms with van der Waals surface area (Å²) in [6.07, 6.45) is 2.42. The van der Waals surface area contributed by atoms with E-state index in [1.807, 2.05) is 51.3 Å². The fraction of sp³-hybridized carbons (Fsp3) is 0.318. The summed E-state index contributed by atoms with van der Waals surface area (Å²) in [6, 6.07) is 5.67. The highest BCUT2D eigenvalue weighted by atomic mass is 32.1. The Bertz CT molecular complexity index is 1060. The third-order valence-corrected chi connectivity index (χ3v) is 5.75. The topological polar surface area (TPSA) is 73.3 Å². The molecule has 1 atom stereocenters. The van der Waals surface area contributed by atoms with Gasteiger partial charge in [0.1, 0.15) is 10.8 Å². The van der Waals surface area contributed by atoms with Crippen LogP contribution in [0.25, 0.3) is 17.0 Å². The molecule has 0 saturated carbocycles. The molecule has 2 heterocycles. The zero-order valence-corrected chi connectivity index (χ0v) is 18.1. The van der Waals surface area contributed by atoms with Crippen LogP contribution in [0, 0.1) is 13.8 Å². The van der Waals surface area contributed by atoms with E-state index in [1.165, 1.54) is 18.4 Å². The van der Waals surface area contributed by atoms with E-state index in [2.05, 4.69) is 21.9 Å². The molecule has 1 aromatic carbocycles. The summed E-state index contributed by atoms with van der Waals surface area (Å²) in [6.45, 7) is 11.5. The molecular weight excluding hydrogens is 386 g/mol. The van der Waals surface area contributed by atoms with Gasteiger partial charge in [-0.2, -0.15) is 0 Å². The van der Waals surface area contributed by atoms with Gasteiger partial charge in [0, 0.05) is 29.8 Å². The Kier molecular flexibility index (Phi) is 6.00. The highest BCUT2D eigenvalue weighted by Gasteiger charge is 2.31. The molecule has 0 bridgehead atoms. The normalized spacial score (nSPS) is 12.6. The predicted molar refractivity (Wildman–Crippen MR) is 116 cm³/mol. The molecule has 0 aliphatic heterocycles. The number of fused-ring (bicyclic) bond motifs is 1.